The summed E-state index contributed by atoms with van der Waals surface area (Å²) in [6.07, 6.45) is 0. The third kappa shape index (κ3) is 119. The van der Waals surface area contributed by atoms with Crippen molar-refractivity contribution in [2.24, 2.45) is 0 Å². The van der Waals surface area contributed by atoms with Crippen LogP contribution in [0.1, 0.15) is 49.5 Å². The lowest BCUT2D eigenvalue weighted by molar-refractivity contribution is -0.127. The van der Waals surface area contributed by atoms with Gasteiger partial charge in [0.05, 0.1) is 0 Å². The summed E-state index contributed by atoms with van der Waals surface area (Å²) in [6, 6.07) is 0. The summed E-state index contributed by atoms with van der Waals surface area (Å²) in [5.41, 5.74) is 0. The van der Waals surface area contributed by atoms with Crippen LogP contribution in [0.2, 0.25) is 0 Å². The van der Waals surface area contributed by atoms with Gasteiger partial charge in [0, 0.05) is 63.1 Å². The fourth-order valence-electron chi connectivity index (χ4n) is 0. The highest BCUT2D eigenvalue weighted by atomic mass is 16.2. The van der Waals surface area contributed by atoms with Crippen LogP contribution in [0, 0.1) is 0 Å². The summed E-state index contributed by atoms with van der Waals surface area (Å²) in [5, 5.41) is 2.75. The first kappa shape index (κ1) is 52.9. The van der Waals surface area contributed by atoms with Crippen molar-refractivity contribution in [1.29, 1.82) is 0 Å². The predicted molar refractivity (Wildman–Crippen MR) is 150 cm³/mol. The maximum Gasteiger partial charge on any atom is 0.218 e. The van der Waals surface area contributed by atoms with Gasteiger partial charge in [0.1, 0.15) is 0 Å². The SMILES string of the molecule is C.C.CC(=O)N(C)C.CC(=O)N(C)C.CC(=O)N(C)C.CCN(C)C.CCN(C)C.CNC. The van der Waals surface area contributed by atoms with Gasteiger partial charge in [0.2, 0.25) is 17.7 Å². The molecule has 0 saturated carbocycles. The molecule has 9 nitrogen and oxygen atoms in total. The molecule has 33 heavy (non-hydrogen) atoms. The van der Waals surface area contributed by atoms with Crippen LogP contribution in [0.25, 0.3) is 0 Å². The van der Waals surface area contributed by atoms with Crippen LogP contribution in [0.15, 0.2) is 0 Å². The quantitative estimate of drug-likeness (QED) is 0.649. The highest BCUT2D eigenvalue weighted by molar-refractivity contribution is 5.72. The van der Waals surface area contributed by atoms with Gasteiger partial charge in [0.15, 0.2) is 0 Å². The van der Waals surface area contributed by atoms with E-state index in [2.05, 4.69) is 57.2 Å². The zero-order valence-electron chi connectivity index (χ0n) is 23.9. The van der Waals surface area contributed by atoms with Gasteiger partial charge in [-0.1, -0.05) is 28.7 Å². The molecule has 0 aliphatic carbocycles. The van der Waals surface area contributed by atoms with Crippen molar-refractivity contribution < 1.29 is 14.4 Å². The van der Waals surface area contributed by atoms with E-state index in [0.29, 0.717) is 0 Å². The van der Waals surface area contributed by atoms with E-state index in [-0.39, 0.29) is 32.6 Å². The number of carbonyl (C=O) groups is 3. The van der Waals surface area contributed by atoms with E-state index in [0.717, 1.165) is 13.1 Å². The number of rotatable bonds is 2. The first-order valence-corrected chi connectivity index (χ1v) is 10.3. The second kappa shape index (κ2) is 40.6. The molecule has 9 heteroatoms. The third-order valence-corrected chi connectivity index (χ3v) is 3.15. The lowest BCUT2D eigenvalue weighted by atomic mass is 10.7. The average Bonchev–Trinajstić information content (AvgIpc) is 2.63. The molecule has 0 spiro atoms. The maximum atomic E-state index is 10.1. The highest BCUT2D eigenvalue weighted by Crippen LogP contribution is 1.71. The molecule has 0 heterocycles. The Hall–Kier alpha value is -1.71. The van der Waals surface area contributed by atoms with E-state index in [4.69, 9.17) is 0 Å². The predicted octanol–water partition coefficient (Wildman–Crippen LogP) is 2.53. The Kier molecular flexibility index (Phi) is 65.2. The lowest BCUT2D eigenvalue weighted by Gasteiger charge is -2.02. The van der Waals surface area contributed by atoms with Crippen molar-refractivity contribution in [2.45, 2.75) is 49.5 Å². The molecule has 208 valence electrons. The number of nitrogens with one attached hydrogen (secondary N) is 1. The van der Waals surface area contributed by atoms with Crippen molar-refractivity contribution in [2.75, 3.05) is 97.7 Å². The zero-order valence-corrected chi connectivity index (χ0v) is 23.9. The van der Waals surface area contributed by atoms with Crippen molar-refractivity contribution in [3.05, 3.63) is 0 Å². The molecular formula is C24H64N6O3. The Morgan fingerprint density at radius 1 is 0.515 bits per heavy atom. The third-order valence-electron chi connectivity index (χ3n) is 3.15. The van der Waals surface area contributed by atoms with Crippen LogP contribution in [0.5, 0.6) is 0 Å². The summed E-state index contributed by atoms with van der Waals surface area (Å²) in [7, 11) is 22.3. The van der Waals surface area contributed by atoms with Gasteiger partial charge < -0.3 is 29.8 Å². The number of hydrogen-bond donors (Lipinski definition) is 1. The van der Waals surface area contributed by atoms with Crippen molar-refractivity contribution in [1.82, 2.24) is 29.8 Å². The Morgan fingerprint density at radius 2 is 0.576 bits per heavy atom. The van der Waals surface area contributed by atoms with E-state index >= 15 is 0 Å². The fraction of sp³-hybridized carbons (Fsp3) is 0.875. The Bertz CT molecular complexity index is 336. The van der Waals surface area contributed by atoms with Gasteiger partial charge >= 0.3 is 0 Å². The largest absolute Gasteiger partial charge is 0.349 e. The second-order valence-electron chi connectivity index (χ2n) is 7.53. The minimum Gasteiger partial charge on any atom is -0.349 e. The number of nitrogens with zero attached hydrogens (tertiary/aromatic N) is 5. The summed E-state index contributed by atoms with van der Waals surface area (Å²) < 4.78 is 0. The van der Waals surface area contributed by atoms with Crippen LogP contribution in [0.4, 0.5) is 0 Å². The maximum absolute atomic E-state index is 10.1. The van der Waals surface area contributed by atoms with Gasteiger partial charge in [-0.25, -0.2) is 0 Å². The molecule has 0 radical (unpaired) electrons. The Labute approximate surface area is 209 Å². The van der Waals surface area contributed by atoms with Gasteiger partial charge in [0.25, 0.3) is 0 Å². The first-order valence-electron chi connectivity index (χ1n) is 10.3. The summed E-state index contributed by atoms with van der Waals surface area (Å²) in [5.74, 6) is 0.278. The van der Waals surface area contributed by atoms with E-state index in [1.807, 2.05) is 14.1 Å². The molecule has 0 rings (SSSR count). The number of amides is 3. The summed E-state index contributed by atoms with van der Waals surface area (Å²) >= 11 is 0. The van der Waals surface area contributed by atoms with E-state index < -0.39 is 0 Å². The Balaban J connectivity index is -0.0000000378. The number of hydrogen-bond acceptors (Lipinski definition) is 6. The number of carbonyl (C=O) groups excluding carboxylic acids is 3. The average molecular weight is 485 g/mol. The molecule has 0 fully saturated rings. The second-order valence-corrected chi connectivity index (χ2v) is 7.53. The zero-order chi connectivity index (χ0) is 26.7. The normalized spacial score (nSPS) is 7.73. The van der Waals surface area contributed by atoms with E-state index in [1.54, 1.807) is 42.3 Å². The van der Waals surface area contributed by atoms with E-state index in [1.165, 1.54) is 35.5 Å². The molecule has 0 aliphatic rings. The molecule has 0 aromatic heterocycles. The van der Waals surface area contributed by atoms with Crippen molar-refractivity contribution >= 4 is 17.7 Å². The minimum absolute atomic E-state index is 0. The first-order chi connectivity index (χ1) is 13.9. The van der Waals surface area contributed by atoms with Gasteiger partial charge in [-0.05, 0) is 55.4 Å². The molecular weight excluding hydrogens is 420 g/mol. The minimum atomic E-state index is 0. The topological polar surface area (TPSA) is 79.4 Å². The van der Waals surface area contributed by atoms with Crippen molar-refractivity contribution in [3.63, 3.8) is 0 Å². The van der Waals surface area contributed by atoms with Crippen LogP contribution in [-0.2, 0) is 14.4 Å². The molecule has 0 saturated heterocycles. The smallest absolute Gasteiger partial charge is 0.218 e. The van der Waals surface area contributed by atoms with Crippen LogP contribution in [-0.4, -0.2) is 140 Å². The molecule has 3 amide bonds. The molecule has 0 atom stereocenters. The standard InChI is InChI=1S/3C4H9NO.2C4H11N.C2H7N.2CH4/c3*1-4(6)5(2)3;2*1-4-5(2)3;1-3-2;;/h3*1-3H3;2*4H2,1-3H3;3H,1-2H3;2*1H4. The molecule has 0 unspecified atom stereocenters. The van der Waals surface area contributed by atoms with Gasteiger partial charge in [-0.3, -0.25) is 14.4 Å². The van der Waals surface area contributed by atoms with Crippen LogP contribution in [0.3, 0.4) is 0 Å². The Morgan fingerprint density at radius 3 is 0.576 bits per heavy atom. The molecule has 0 bridgehead atoms. The monoisotopic (exact) mass is 485 g/mol. The van der Waals surface area contributed by atoms with Crippen molar-refractivity contribution in [3.8, 4) is 0 Å². The molecule has 0 aromatic carbocycles. The summed E-state index contributed by atoms with van der Waals surface area (Å²) in [6.45, 7) is 11.1. The molecule has 1 N–H and O–H groups in total. The fourth-order valence-corrected chi connectivity index (χ4v) is 0. The van der Waals surface area contributed by atoms with Gasteiger partial charge in [-0.2, -0.15) is 0 Å². The highest BCUT2D eigenvalue weighted by Gasteiger charge is 1.88. The van der Waals surface area contributed by atoms with Crippen LogP contribution < -0.4 is 5.32 Å². The summed E-state index contributed by atoms with van der Waals surface area (Å²) in [4.78, 5) is 39.0. The molecule has 0 aliphatic heterocycles. The van der Waals surface area contributed by atoms with Crippen LogP contribution >= 0.6 is 0 Å². The lowest BCUT2D eigenvalue weighted by Crippen LogP contribution is -2.17. The molecule has 0 aromatic rings. The van der Waals surface area contributed by atoms with E-state index in [9.17, 15) is 14.4 Å². The van der Waals surface area contributed by atoms with Gasteiger partial charge in [-0.15, -0.1) is 0 Å².